The van der Waals surface area contributed by atoms with Crippen LogP contribution in [0.3, 0.4) is 0 Å². The van der Waals surface area contributed by atoms with Crippen LogP contribution in [0.1, 0.15) is 25.8 Å². The van der Waals surface area contributed by atoms with Gasteiger partial charge in [0, 0.05) is 6.54 Å². The van der Waals surface area contributed by atoms with E-state index in [0.29, 0.717) is 0 Å². The zero-order valence-corrected chi connectivity index (χ0v) is 10.2. The Morgan fingerprint density at radius 2 is 2.25 bits per heavy atom. The number of rotatable bonds is 7. The lowest BCUT2D eigenvalue weighted by Gasteiger charge is -2.11. The van der Waals surface area contributed by atoms with Gasteiger partial charge in [-0.3, -0.25) is 0 Å². The van der Waals surface area contributed by atoms with Gasteiger partial charge < -0.3 is 10.1 Å². The quantitative estimate of drug-likeness (QED) is 0.562. The van der Waals surface area contributed by atoms with Gasteiger partial charge in [0.15, 0.2) is 0 Å². The Morgan fingerprint density at radius 3 is 2.94 bits per heavy atom. The number of hydrogen-bond donors (Lipinski definition) is 1. The molecule has 2 heteroatoms. The van der Waals surface area contributed by atoms with Crippen LogP contribution >= 0.6 is 0 Å². The maximum absolute atomic E-state index is 5.64. The lowest BCUT2D eigenvalue weighted by Crippen LogP contribution is -2.14. The van der Waals surface area contributed by atoms with E-state index in [-0.39, 0.29) is 6.10 Å². The van der Waals surface area contributed by atoms with Gasteiger partial charge in [0.1, 0.15) is 5.75 Å². The standard InChI is InChI=1S/C14H21NO/c1-4-5-9-15-11-13-7-6-8-14(10-13)16-12(2)3/h4,6-8,10,12,15H,1,5,9,11H2,2-3H3. The van der Waals surface area contributed by atoms with Crippen LogP contribution in [0.15, 0.2) is 36.9 Å². The summed E-state index contributed by atoms with van der Waals surface area (Å²) in [5.74, 6) is 0.943. The third-order valence-electron chi connectivity index (χ3n) is 2.12. The lowest BCUT2D eigenvalue weighted by atomic mass is 10.2. The predicted octanol–water partition coefficient (Wildman–Crippen LogP) is 3.14. The molecule has 0 aliphatic rings. The minimum Gasteiger partial charge on any atom is -0.491 e. The average Bonchev–Trinajstić information content (AvgIpc) is 2.24. The van der Waals surface area contributed by atoms with Crippen LogP contribution in [0, 0.1) is 0 Å². The molecule has 0 saturated heterocycles. The molecule has 1 rings (SSSR count). The molecule has 0 heterocycles. The fourth-order valence-electron chi connectivity index (χ4n) is 1.44. The smallest absolute Gasteiger partial charge is 0.120 e. The molecule has 16 heavy (non-hydrogen) atoms. The molecule has 0 fully saturated rings. The SMILES string of the molecule is C=CCCNCc1cccc(OC(C)C)c1. The maximum Gasteiger partial charge on any atom is 0.120 e. The summed E-state index contributed by atoms with van der Waals surface area (Å²) in [5, 5.41) is 3.36. The summed E-state index contributed by atoms with van der Waals surface area (Å²) in [7, 11) is 0. The molecule has 0 unspecified atom stereocenters. The Balaban J connectivity index is 2.43. The molecule has 0 radical (unpaired) electrons. The molecule has 88 valence electrons. The molecule has 1 N–H and O–H groups in total. The van der Waals surface area contributed by atoms with Crippen LogP contribution < -0.4 is 10.1 Å². The highest BCUT2D eigenvalue weighted by Gasteiger charge is 1.98. The fourth-order valence-corrected chi connectivity index (χ4v) is 1.44. The molecule has 0 spiro atoms. The van der Waals surface area contributed by atoms with E-state index in [4.69, 9.17) is 4.74 Å². The Bertz CT molecular complexity index is 320. The zero-order chi connectivity index (χ0) is 11.8. The topological polar surface area (TPSA) is 21.3 Å². The Morgan fingerprint density at radius 1 is 1.44 bits per heavy atom. The summed E-state index contributed by atoms with van der Waals surface area (Å²) in [6.45, 7) is 9.61. The second-order valence-electron chi connectivity index (χ2n) is 4.07. The van der Waals surface area contributed by atoms with Crippen molar-refractivity contribution in [3.05, 3.63) is 42.5 Å². The van der Waals surface area contributed by atoms with Crippen molar-refractivity contribution in [1.82, 2.24) is 5.32 Å². The van der Waals surface area contributed by atoms with Gasteiger partial charge in [0.2, 0.25) is 0 Å². The van der Waals surface area contributed by atoms with Crippen LogP contribution in [-0.4, -0.2) is 12.6 Å². The van der Waals surface area contributed by atoms with E-state index in [2.05, 4.69) is 24.0 Å². The predicted molar refractivity (Wildman–Crippen MR) is 68.7 cm³/mol. The van der Waals surface area contributed by atoms with Crippen LogP contribution in [0.5, 0.6) is 5.75 Å². The van der Waals surface area contributed by atoms with E-state index < -0.39 is 0 Å². The molecule has 0 aromatic heterocycles. The molecule has 1 aromatic rings. The maximum atomic E-state index is 5.64. The highest BCUT2D eigenvalue weighted by Crippen LogP contribution is 2.14. The zero-order valence-electron chi connectivity index (χ0n) is 10.2. The van der Waals surface area contributed by atoms with Gasteiger partial charge in [-0.1, -0.05) is 18.2 Å². The van der Waals surface area contributed by atoms with Gasteiger partial charge >= 0.3 is 0 Å². The summed E-state index contributed by atoms with van der Waals surface area (Å²) in [6.07, 6.45) is 3.15. The van der Waals surface area contributed by atoms with Crippen molar-refractivity contribution in [2.45, 2.75) is 32.9 Å². The molecule has 1 aromatic carbocycles. The second-order valence-corrected chi connectivity index (χ2v) is 4.07. The molecule has 2 nitrogen and oxygen atoms in total. The molecular weight excluding hydrogens is 198 g/mol. The number of hydrogen-bond acceptors (Lipinski definition) is 2. The fraction of sp³-hybridized carbons (Fsp3) is 0.429. The molecule has 0 aliphatic heterocycles. The first-order chi connectivity index (χ1) is 7.72. The lowest BCUT2D eigenvalue weighted by molar-refractivity contribution is 0.242. The van der Waals surface area contributed by atoms with Gasteiger partial charge in [-0.15, -0.1) is 6.58 Å². The summed E-state index contributed by atoms with van der Waals surface area (Å²) in [6, 6.07) is 8.21. The van der Waals surface area contributed by atoms with Gasteiger partial charge in [0.05, 0.1) is 6.10 Å². The van der Waals surface area contributed by atoms with E-state index >= 15 is 0 Å². The van der Waals surface area contributed by atoms with Crippen molar-refractivity contribution < 1.29 is 4.74 Å². The van der Waals surface area contributed by atoms with Crippen LogP contribution in [0.25, 0.3) is 0 Å². The number of ether oxygens (including phenoxy) is 1. The van der Waals surface area contributed by atoms with Crippen molar-refractivity contribution in [1.29, 1.82) is 0 Å². The van der Waals surface area contributed by atoms with E-state index in [1.54, 1.807) is 0 Å². The normalized spacial score (nSPS) is 10.4. The summed E-state index contributed by atoms with van der Waals surface area (Å²) in [5.41, 5.74) is 1.25. The molecule has 0 saturated carbocycles. The first kappa shape index (κ1) is 12.8. The van der Waals surface area contributed by atoms with Gasteiger partial charge in [0.25, 0.3) is 0 Å². The Labute approximate surface area is 98.3 Å². The number of benzene rings is 1. The molecule has 0 amide bonds. The van der Waals surface area contributed by atoms with Crippen molar-refractivity contribution in [3.63, 3.8) is 0 Å². The van der Waals surface area contributed by atoms with Crippen molar-refractivity contribution in [2.75, 3.05) is 6.54 Å². The summed E-state index contributed by atoms with van der Waals surface area (Å²) >= 11 is 0. The van der Waals surface area contributed by atoms with E-state index in [9.17, 15) is 0 Å². The van der Waals surface area contributed by atoms with Gasteiger partial charge in [-0.25, -0.2) is 0 Å². The third kappa shape index (κ3) is 4.99. The van der Waals surface area contributed by atoms with Gasteiger partial charge in [-0.2, -0.15) is 0 Å². The molecular formula is C14H21NO. The Hall–Kier alpha value is -1.28. The minimum absolute atomic E-state index is 0.226. The van der Waals surface area contributed by atoms with Crippen LogP contribution in [0.4, 0.5) is 0 Å². The van der Waals surface area contributed by atoms with Gasteiger partial charge in [-0.05, 0) is 44.5 Å². The van der Waals surface area contributed by atoms with Crippen molar-refractivity contribution >= 4 is 0 Å². The van der Waals surface area contributed by atoms with E-state index in [0.717, 1.165) is 25.3 Å². The Kier molecular flexibility index (Phi) is 5.65. The molecule has 0 atom stereocenters. The number of nitrogens with one attached hydrogen (secondary N) is 1. The average molecular weight is 219 g/mol. The van der Waals surface area contributed by atoms with Crippen molar-refractivity contribution in [2.24, 2.45) is 0 Å². The van der Waals surface area contributed by atoms with E-state index in [1.807, 2.05) is 32.1 Å². The third-order valence-corrected chi connectivity index (χ3v) is 2.12. The largest absolute Gasteiger partial charge is 0.491 e. The monoisotopic (exact) mass is 219 g/mol. The van der Waals surface area contributed by atoms with Crippen LogP contribution in [0.2, 0.25) is 0 Å². The first-order valence-corrected chi connectivity index (χ1v) is 5.79. The molecule has 0 bridgehead atoms. The minimum atomic E-state index is 0.226. The summed E-state index contributed by atoms with van der Waals surface area (Å²) < 4.78 is 5.64. The molecule has 0 aliphatic carbocycles. The highest BCUT2D eigenvalue weighted by atomic mass is 16.5. The first-order valence-electron chi connectivity index (χ1n) is 5.79. The van der Waals surface area contributed by atoms with E-state index in [1.165, 1.54) is 5.56 Å². The van der Waals surface area contributed by atoms with Crippen LogP contribution in [-0.2, 0) is 6.54 Å². The van der Waals surface area contributed by atoms with Crippen molar-refractivity contribution in [3.8, 4) is 5.75 Å². The second kappa shape index (κ2) is 7.07. The summed E-state index contributed by atoms with van der Waals surface area (Å²) in [4.78, 5) is 0. The highest BCUT2D eigenvalue weighted by molar-refractivity contribution is 5.28.